The molecule has 0 radical (unpaired) electrons. The van der Waals surface area contributed by atoms with E-state index in [4.69, 9.17) is 22.7 Å². The monoisotopic (exact) mass is 297 g/mol. The third-order valence-corrected chi connectivity index (χ3v) is 3.61. The van der Waals surface area contributed by atoms with Crippen LogP contribution in [-0.4, -0.2) is 21.6 Å². The normalized spacial score (nSPS) is 10.7. The number of nitrogens with two attached hydrogens (primary N) is 1. The summed E-state index contributed by atoms with van der Waals surface area (Å²) in [5, 5.41) is 1.11. The van der Waals surface area contributed by atoms with Crippen LogP contribution in [0.5, 0.6) is 5.88 Å². The quantitative estimate of drug-likeness (QED) is 0.752. The molecule has 0 fully saturated rings. The lowest BCUT2D eigenvalue weighted by atomic mass is 10.1. The van der Waals surface area contributed by atoms with E-state index >= 15 is 0 Å². The van der Waals surface area contributed by atoms with Gasteiger partial charge in [-0.05, 0) is 30.3 Å². The zero-order valence-electron chi connectivity index (χ0n) is 11.6. The lowest BCUT2D eigenvalue weighted by Crippen LogP contribution is -2.09. The average Bonchev–Trinajstić information content (AvgIpc) is 2.90. The van der Waals surface area contributed by atoms with E-state index in [1.165, 1.54) is 0 Å². The molecule has 0 bridgehead atoms. The Bertz CT molecular complexity index is 810. The van der Waals surface area contributed by atoms with Gasteiger partial charge in [-0.3, -0.25) is 0 Å². The summed E-state index contributed by atoms with van der Waals surface area (Å²) in [5.41, 5.74) is 8.63. The van der Waals surface area contributed by atoms with Crippen molar-refractivity contribution in [3.05, 3.63) is 59.9 Å². The molecule has 21 heavy (non-hydrogen) atoms. The fraction of sp³-hybridized carbons (Fsp3) is 0.125. The number of pyridine rings is 1. The summed E-state index contributed by atoms with van der Waals surface area (Å²) in [6.45, 7) is 0.688. The van der Waals surface area contributed by atoms with Crippen LogP contribution in [0.4, 0.5) is 0 Å². The second kappa shape index (κ2) is 5.54. The minimum Gasteiger partial charge on any atom is -0.481 e. The molecule has 1 aromatic carbocycles. The van der Waals surface area contributed by atoms with Gasteiger partial charge in [0.2, 0.25) is 5.88 Å². The number of nitrogens with zero attached hydrogens (tertiary/aromatic N) is 2. The van der Waals surface area contributed by atoms with Crippen LogP contribution in [0.25, 0.3) is 10.9 Å². The standard InChI is InChI=1S/C16H15N3OS/c1-20-15-4-2-3-13(18-15)10-19-8-7-11-9-12(16(17)21)5-6-14(11)19/h2-9H,10H2,1H3,(H2,17,21). The number of fused-ring (bicyclic) bond motifs is 1. The number of aromatic nitrogens is 2. The Labute approximate surface area is 128 Å². The Balaban J connectivity index is 1.95. The van der Waals surface area contributed by atoms with Gasteiger partial charge in [0.05, 0.1) is 19.3 Å². The van der Waals surface area contributed by atoms with Gasteiger partial charge < -0.3 is 15.0 Å². The summed E-state index contributed by atoms with van der Waals surface area (Å²) in [4.78, 5) is 4.85. The molecule has 0 aliphatic rings. The van der Waals surface area contributed by atoms with Gasteiger partial charge in [0, 0.05) is 28.7 Å². The third kappa shape index (κ3) is 2.73. The van der Waals surface area contributed by atoms with Crippen LogP contribution in [0, 0.1) is 0 Å². The number of benzene rings is 1. The second-order valence-electron chi connectivity index (χ2n) is 4.75. The first-order valence-corrected chi connectivity index (χ1v) is 6.97. The highest BCUT2D eigenvalue weighted by Crippen LogP contribution is 2.19. The lowest BCUT2D eigenvalue weighted by molar-refractivity contribution is 0.396. The van der Waals surface area contributed by atoms with Crippen molar-refractivity contribution in [1.29, 1.82) is 0 Å². The SMILES string of the molecule is COc1cccc(Cn2ccc3cc(C(N)=S)ccc32)n1. The van der Waals surface area contributed by atoms with Gasteiger partial charge in [-0.15, -0.1) is 0 Å². The molecule has 0 spiro atoms. The fourth-order valence-corrected chi connectivity index (χ4v) is 2.45. The van der Waals surface area contributed by atoms with Gasteiger partial charge >= 0.3 is 0 Å². The number of thiocarbonyl (C=S) groups is 1. The highest BCUT2D eigenvalue weighted by molar-refractivity contribution is 7.80. The van der Waals surface area contributed by atoms with Crippen molar-refractivity contribution >= 4 is 28.1 Å². The summed E-state index contributed by atoms with van der Waals surface area (Å²) in [6.07, 6.45) is 2.04. The molecule has 0 saturated carbocycles. The molecular weight excluding hydrogens is 282 g/mol. The summed E-state index contributed by atoms with van der Waals surface area (Å²) in [5.74, 6) is 0.625. The zero-order valence-corrected chi connectivity index (χ0v) is 12.4. The Morgan fingerprint density at radius 3 is 2.90 bits per heavy atom. The minimum absolute atomic E-state index is 0.416. The molecule has 0 amide bonds. The molecule has 3 aromatic rings. The molecular formula is C16H15N3OS. The van der Waals surface area contributed by atoms with E-state index in [1.807, 2.05) is 42.6 Å². The Morgan fingerprint density at radius 1 is 1.29 bits per heavy atom. The number of ether oxygens (including phenoxy) is 1. The van der Waals surface area contributed by atoms with Crippen LogP contribution in [-0.2, 0) is 6.54 Å². The van der Waals surface area contributed by atoms with Crippen molar-refractivity contribution in [2.75, 3.05) is 7.11 Å². The molecule has 4 nitrogen and oxygen atoms in total. The van der Waals surface area contributed by atoms with Gasteiger partial charge in [-0.1, -0.05) is 18.3 Å². The van der Waals surface area contributed by atoms with Gasteiger partial charge in [0.1, 0.15) is 4.99 Å². The maximum Gasteiger partial charge on any atom is 0.213 e. The molecule has 5 heteroatoms. The van der Waals surface area contributed by atoms with Gasteiger partial charge in [0.15, 0.2) is 0 Å². The lowest BCUT2D eigenvalue weighted by Gasteiger charge is -2.07. The van der Waals surface area contributed by atoms with E-state index in [9.17, 15) is 0 Å². The molecule has 0 aliphatic heterocycles. The Morgan fingerprint density at radius 2 is 2.14 bits per heavy atom. The first kappa shape index (κ1) is 13.6. The Hall–Kier alpha value is -2.40. The molecule has 0 saturated heterocycles. The van der Waals surface area contributed by atoms with Crippen molar-refractivity contribution in [1.82, 2.24) is 9.55 Å². The third-order valence-electron chi connectivity index (χ3n) is 3.38. The molecule has 2 aromatic heterocycles. The first-order chi connectivity index (χ1) is 10.2. The minimum atomic E-state index is 0.416. The second-order valence-corrected chi connectivity index (χ2v) is 5.19. The maximum absolute atomic E-state index is 5.67. The van der Waals surface area contributed by atoms with Gasteiger partial charge in [0.25, 0.3) is 0 Å². The Kier molecular flexibility index (Phi) is 3.58. The number of rotatable bonds is 4. The average molecular weight is 297 g/mol. The molecule has 0 aliphatic carbocycles. The van der Waals surface area contributed by atoms with E-state index in [0.29, 0.717) is 17.4 Å². The van der Waals surface area contributed by atoms with E-state index in [0.717, 1.165) is 22.2 Å². The van der Waals surface area contributed by atoms with Crippen LogP contribution in [0.2, 0.25) is 0 Å². The van der Waals surface area contributed by atoms with Crippen LogP contribution < -0.4 is 10.5 Å². The summed E-state index contributed by atoms with van der Waals surface area (Å²) >= 11 is 5.01. The largest absolute Gasteiger partial charge is 0.481 e. The zero-order chi connectivity index (χ0) is 14.8. The van der Waals surface area contributed by atoms with E-state index in [1.54, 1.807) is 7.11 Å². The van der Waals surface area contributed by atoms with Crippen molar-refractivity contribution in [3.8, 4) is 5.88 Å². The first-order valence-electron chi connectivity index (χ1n) is 6.56. The van der Waals surface area contributed by atoms with Gasteiger partial charge in [-0.2, -0.15) is 0 Å². The number of hydrogen-bond donors (Lipinski definition) is 1. The van der Waals surface area contributed by atoms with Gasteiger partial charge in [-0.25, -0.2) is 4.98 Å². The van der Waals surface area contributed by atoms with Crippen molar-refractivity contribution in [2.24, 2.45) is 5.73 Å². The predicted octanol–water partition coefficient (Wildman–Crippen LogP) is 2.73. The molecule has 2 heterocycles. The van der Waals surface area contributed by atoms with Crippen molar-refractivity contribution in [2.45, 2.75) is 6.54 Å². The summed E-state index contributed by atoms with van der Waals surface area (Å²) in [7, 11) is 1.62. The van der Waals surface area contributed by atoms with Crippen LogP contribution in [0.3, 0.4) is 0 Å². The van der Waals surface area contributed by atoms with Crippen LogP contribution in [0.15, 0.2) is 48.7 Å². The van der Waals surface area contributed by atoms with E-state index < -0.39 is 0 Å². The van der Waals surface area contributed by atoms with Crippen LogP contribution >= 0.6 is 12.2 Å². The smallest absolute Gasteiger partial charge is 0.213 e. The number of methoxy groups -OCH3 is 1. The highest BCUT2D eigenvalue weighted by atomic mass is 32.1. The topological polar surface area (TPSA) is 53.1 Å². The summed E-state index contributed by atoms with van der Waals surface area (Å²) in [6, 6.07) is 13.8. The maximum atomic E-state index is 5.67. The molecule has 3 rings (SSSR count). The van der Waals surface area contributed by atoms with E-state index in [2.05, 4.69) is 15.6 Å². The summed E-state index contributed by atoms with van der Waals surface area (Å²) < 4.78 is 7.29. The molecule has 106 valence electrons. The van der Waals surface area contributed by atoms with Crippen molar-refractivity contribution in [3.63, 3.8) is 0 Å². The fourth-order valence-electron chi connectivity index (χ4n) is 2.33. The predicted molar refractivity (Wildman–Crippen MR) is 87.7 cm³/mol. The molecule has 0 unspecified atom stereocenters. The van der Waals surface area contributed by atoms with Crippen molar-refractivity contribution < 1.29 is 4.74 Å². The molecule has 2 N–H and O–H groups in total. The highest BCUT2D eigenvalue weighted by Gasteiger charge is 2.05. The number of hydrogen-bond acceptors (Lipinski definition) is 3. The molecule has 0 atom stereocenters. The van der Waals surface area contributed by atoms with Crippen LogP contribution in [0.1, 0.15) is 11.3 Å². The van der Waals surface area contributed by atoms with E-state index in [-0.39, 0.29) is 0 Å².